The average Bonchev–Trinajstić information content (AvgIpc) is 3.07. The maximum atomic E-state index is 13.0. The molecule has 0 unspecified atom stereocenters. The normalized spacial score (nSPS) is 21.8. The van der Waals surface area contributed by atoms with Crippen molar-refractivity contribution in [2.24, 2.45) is 0 Å². The molecular weight excluding hydrogens is 432 g/mol. The fraction of sp³-hybridized carbons (Fsp3) is 0.280. The number of hydrogen-bond acceptors (Lipinski definition) is 7. The van der Waals surface area contributed by atoms with E-state index in [0.717, 1.165) is 52.0 Å². The van der Waals surface area contributed by atoms with Crippen molar-refractivity contribution in [3.8, 4) is 11.5 Å². The van der Waals surface area contributed by atoms with Crippen LogP contribution in [0.2, 0.25) is 0 Å². The van der Waals surface area contributed by atoms with E-state index in [1.54, 1.807) is 7.11 Å². The summed E-state index contributed by atoms with van der Waals surface area (Å²) in [6, 6.07) is 12.0. The first kappa shape index (κ1) is 19.3. The van der Waals surface area contributed by atoms with Crippen molar-refractivity contribution in [1.82, 2.24) is 20.2 Å². The van der Waals surface area contributed by atoms with Gasteiger partial charge in [-0.05, 0) is 54.8 Å². The van der Waals surface area contributed by atoms with Crippen LogP contribution in [0.5, 0.6) is 11.5 Å². The van der Waals surface area contributed by atoms with Crippen molar-refractivity contribution in [1.29, 1.82) is 0 Å². The molecule has 4 heterocycles. The van der Waals surface area contributed by atoms with E-state index in [4.69, 9.17) is 9.47 Å². The van der Waals surface area contributed by atoms with Gasteiger partial charge in [0.05, 0.1) is 30.3 Å². The van der Waals surface area contributed by atoms with Crippen LogP contribution >= 0.6 is 0 Å². The van der Waals surface area contributed by atoms with E-state index in [-0.39, 0.29) is 11.8 Å². The molecule has 1 amide bonds. The SMILES string of the molecule is COc1ccc2c(c1)[C@]1(C[C@H]1c1ccc3c(Nc4nc(C)nc5c4OCC5)n[nH]c3c1)C(=O)N2. The number of amides is 1. The number of methoxy groups -OCH3 is 1. The van der Waals surface area contributed by atoms with Gasteiger partial charge in [0.15, 0.2) is 17.4 Å². The smallest absolute Gasteiger partial charge is 0.235 e. The fourth-order valence-corrected chi connectivity index (χ4v) is 5.44. The number of ether oxygens (including phenoxy) is 2. The molecule has 1 saturated carbocycles. The molecule has 1 fully saturated rings. The number of nitrogens with one attached hydrogen (secondary N) is 3. The largest absolute Gasteiger partial charge is 0.497 e. The third-order valence-electron chi connectivity index (χ3n) is 7.18. The molecule has 2 aliphatic heterocycles. The molecule has 9 nitrogen and oxygen atoms in total. The first-order valence-electron chi connectivity index (χ1n) is 11.3. The Hall–Kier alpha value is -4.14. The lowest BCUT2D eigenvalue weighted by Gasteiger charge is -2.10. The van der Waals surface area contributed by atoms with Gasteiger partial charge in [-0.25, -0.2) is 9.97 Å². The Morgan fingerprint density at radius 3 is 2.97 bits per heavy atom. The van der Waals surface area contributed by atoms with Gasteiger partial charge in [0, 0.05) is 23.4 Å². The molecule has 2 atom stereocenters. The Labute approximate surface area is 194 Å². The minimum Gasteiger partial charge on any atom is -0.497 e. The Bertz CT molecular complexity index is 1510. The third-order valence-corrected chi connectivity index (χ3v) is 7.18. The van der Waals surface area contributed by atoms with Crippen molar-refractivity contribution in [3.63, 3.8) is 0 Å². The van der Waals surface area contributed by atoms with Crippen LogP contribution in [0.15, 0.2) is 36.4 Å². The quantitative estimate of drug-likeness (QED) is 0.431. The summed E-state index contributed by atoms with van der Waals surface area (Å²) in [5.41, 5.74) is 4.28. The summed E-state index contributed by atoms with van der Waals surface area (Å²) in [6.07, 6.45) is 1.55. The second-order valence-electron chi connectivity index (χ2n) is 9.09. The van der Waals surface area contributed by atoms with Crippen molar-refractivity contribution >= 4 is 34.1 Å². The van der Waals surface area contributed by atoms with E-state index in [2.05, 4.69) is 42.9 Å². The van der Waals surface area contributed by atoms with Crippen LogP contribution in [0, 0.1) is 6.92 Å². The Morgan fingerprint density at radius 2 is 2.09 bits per heavy atom. The van der Waals surface area contributed by atoms with E-state index < -0.39 is 5.41 Å². The highest BCUT2D eigenvalue weighted by Crippen LogP contribution is 2.65. The van der Waals surface area contributed by atoms with Crippen LogP contribution in [0.25, 0.3) is 10.9 Å². The van der Waals surface area contributed by atoms with Crippen LogP contribution in [0.4, 0.5) is 17.3 Å². The molecule has 7 rings (SSSR count). The van der Waals surface area contributed by atoms with Crippen molar-refractivity contribution in [2.75, 3.05) is 24.4 Å². The lowest BCUT2D eigenvalue weighted by Crippen LogP contribution is -2.21. The van der Waals surface area contributed by atoms with Gasteiger partial charge in [0.25, 0.3) is 0 Å². The summed E-state index contributed by atoms with van der Waals surface area (Å²) in [5, 5.41) is 14.9. The van der Waals surface area contributed by atoms with Gasteiger partial charge in [-0.1, -0.05) is 6.07 Å². The van der Waals surface area contributed by atoms with Crippen molar-refractivity contribution in [2.45, 2.75) is 31.1 Å². The van der Waals surface area contributed by atoms with Gasteiger partial charge in [0.1, 0.15) is 11.6 Å². The number of hydrogen-bond donors (Lipinski definition) is 3. The predicted octanol–water partition coefficient (Wildman–Crippen LogP) is 3.73. The standard InChI is InChI=1S/C25H22N6O3/c1-12-26-19-7-8-34-21(19)23(27-12)29-22-15-5-3-13(9-20(15)30-31-22)17-11-25(17)16-10-14(33-2)4-6-18(16)28-24(25)32/h3-6,9-10,17H,7-8,11H2,1-2H3,(H,28,32)(H2,26,27,29,30,31)/t17-,25-/m0/s1. The fourth-order valence-electron chi connectivity index (χ4n) is 5.44. The number of aryl methyl sites for hydroxylation is 1. The minimum absolute atomic E-state index is 0.0563. The van der Waals surface area contributed by atoms with E-state index >= 15 is 0 Å². The van der Waals surface area contributed by atoms with Crippen LogP contribution in [0.3, 0.4) is 0 Å². The van der Waals surface area contributed by atoms with Gasteiger partial charge in [-0.15, -0.1) is 0 Å². The molecule has 3 N–H and O–H groups in total. The van der Waals surface area contributed by atoms with Gasteiger partial charge in [0.2, 0.25) is 5.91 Å². The maximum Gasteiger partial charge on any atom is 0.235 e. The Kier molecular flexibility index (Phi) is 3.81. The molecule has 1 spiro atoms. The zero-order valence-corrected chi connectivity index (χ0v) is 18.7. The van der Waals surface area contributed by atoms with E-state index in [1.807, 2.05) is 31.2 Å². The van der Waals surface area contributed by atoms with Gasteiger partial charge < -0.3 is 20.1 Å². The van der Waals surface area contributed by atoms with Crippen LogP contribution in [-0.4, -0.2) is 39.8 Å². The molecule has 0 radical (unpaired) electrons. The van der Waals surface area contributed by atoms with Gasteiger partial charge in [-0.3, -0.25) is 9.89 Å². The van der Waals surface area contributed by atoms with E-state index in [9.17, 15) is 4.79 Å². The average molecular weight is 454 g/mol. The number of H-pyrrole nitrogens is 1. The van der Waals surface area contributed by atoms with E-state index in [0.29, 0.717) is 29.8 Å². The molecule has 2 aromatic carbocycles. The highest BCUT2D eigenvalue weighted by atomic mass is 16.5. The molecule has 9 heteroatoms. The zero-order chi connectivity index (χ0) is 23.0. The van der Waals surface area contributed by atoms with Crippen LogP contribution in [0.1, 0.15) is 35.0 Å². The van der Waals surface area contributed by atoms with Gasteiger partial charge in [-0.2, -0.15) is 5.10 Å². The number of aromatic amines is 1. The highest BCUT2D eigenvalue weighted by Gasteiger charge is 2.65. The highest BCUT2D eigenvalue weighted by molar-refractivity contribution is 6.10. The Balaban J connectivity index is 1.22. The molecule has 1 aliphatic carbocycles. The second kappa shape index (κ2) is 6.69. The molecule has 2 aromatic heterocycles. The number of benzene rings is 2. The summed E-state index contributed by atoms with van der Waals surface area (Å²) in [6.45, 7) is 2.48. The molecule has 34 heavy (non-hydrogen) atoms. The zero-order valence-electron chi connectivity index (χ0n) is 18.7. The van der Waals surface area contributed by atoms with Crippen LogP contribution in [-0.2, 0) is 16.6 Å². The number of nitrogens with zero attached hydrogens (tertiary/aromatic N) is 3. The topological polar surface area (TPSA) is 114 Å². The maximum absolute atomic E-state index is 13.0. The van der Waals surface area contributed by atoms with Crippen LogP contribution < -0.4 is 20.1 Å². The molecule has 0 saturated heterocycles. The first-order valence-corrected chi connectivity index (χ1v) is 11.3. The summed E-state index contributed by atoms with van der Waals surface area (Å²) in [4.78, 5) is 22.0. The number of rotatable bonds is 4. The summed E-state index contributed by atoms with van der Waals surface area (Å²) < 4.78 is 11.1. The van der Waals surface area contributed by atoms with E-state index in [1.165, 1.54) is 0 Å². The number of carbonyl (C=O) groups excluding carboxylic acids is 1. The molecule has 170 valence electrons. The molecule has 0 bridgehead atoms. The number of anilines is 3. The van der Waals surface area contributed by atoms with Crippen molar-refractivity contribution in [3.05, 3.63) is 59.0 Å². The number of fused-ring (bicyclic) bond motifs is 4. The molecule has 3 aliphatic rings. The van der Waals surface area contributed by atoms with Gasteiger partial charge >= 0.3 is 0 Å². The lowest BCUT2D eigenvalue weighted by atomic mass is 9.91. The third kappa shape index (κ3) is 2.60. The molecule has 4 aromatic rings. The van der Waals surface area contributed by atoms with Crippen molar-refractivity contribution < 1.29 is 14.3 Å². The number of carbonyl (C=O) groups is 1. The Morgan fingerprint density at radius 1 is 1.18 bits per heavy atom. The summed E-state index contributed by atoms with van der Waals surface area (Å²) in [5.74, 6) is 3.62. The first-order chi connectivity index (χ1) is 16.6. The second-order valence-corrected chi connectivity index (χ2v) is 9.09. The minimum atomic E-state index is -0.533. The predicted molar refractivity (Wildman–Crippen MR) is 126 cm³/mol. The lowest BCUT2D eigenvalue weighted by molar-refractivity contribution is -0.118. The summed E-state index contributed by atoms with van der Waals surface area (Å²) >= 11 is 0. The summed E-state index contributed by atoms with van der Waals surface area (Å²) in [7, 11) is 1.64. The number of aromatic nitrogens is 4. The monoisotopic (exact) mass is 454 g/mol. The molecular formula is C25H22N6O3.